The number of hydrogen-bond acceptors (Lipinski definition) is 3. The van der Waals surface area contributed by atoms with Crippen LogP contribution in [0, 0.1) is 0 Å². The van der Waals surface area contributed by atoms with E-state index in [4.69, 9.17) is 0 Å². The van der Waals surface area contributed by atoms with Crippen molar-refractivity contribution in [1.29, 1.82) is 0 Å². The second-order valence-corrected chi connectivity index (χ2v) is 6.38. The molecular weight excluding hydrogens is 266 g/mol. The van der Waals surface area contributed by atoms with Crippen molar-refractivity contribution in [2.75, 3.05) is 18.4 Å². The number of amides is 2. The van der Waals surface area contributed by atoms with Crippen LogP contribution in [-0.4, -0.2) is 30.4 Å². The third-order valence-corrected chi connectivity index (χ3v) is 3.23. The average Bonchev–Trinajstić information content (AvgIpc) is 2.42. The van der Waals surface area contributed by atoms with E-state index in [1.807, 2.05) is 32.9 Å². The van der Waals surface area contributed by atoms with Crippen molar-refractivity contribution in [2.24, 2.45) is 0 Å². The van der Waals surface area contributed by atoms with Crippen molar-refractivity contribution in [2.45, 2.75) is 39.2 Å². The molecule has 1 aromatic carbocycles. The summed E-state index contributed by atoms with van der Waals surface area (Å²) in [6.45, 7) is 6.69. The topological polar surface area (TPSA) is 70.2 Å². The van der Waals surface area contributed by atoms with Gasteiger partial charge >= 0.3 is 0 Å². The van der Waals surface area contributed by atoms with Gasteiger partial charge in [0.05, 0.1) is 6.54 Å². The van der Waals surface area contributed by atoms with Gasteiger partial charge in [-0.2, -0.15) is 0 Å². The second-order valence-electron chi connectivity index (χ2n) is 6.38. The Balaban J connectivity index is 1.93. The highest BCUT2D eigenvalue weighted by atomic mass is 16.2. The van der Waals surface area contributed by atoms with Gasteiger partial charge in [-0.3, -0.25) is 9.59 Å². The molecular formula is C16H23N3O2. The molecule has 0 aromatic heterocycles. The highest BCUT2D eigenvalue weighted by Gasteiger charge is 2.16. The lowest BCUT2D eigenvalue weighted by Crippen LogP contribution is -2.45. The molecule has 2 rings (SSSR count). The van der Waals surface area contributed by atoms with Crippen LogP contribution in [0.25, 0.3) is 0 Å². The minimum Gasteiger partial charge on any atom is -0.385 e. The van der Waals surface area contributed by atoms with Crippen molar-refractivity contribution in [3.8, 4) is 0 Å². The van der Waals surface area contributed by atoms with Crippen LogP contribution >= 0.6 is 0 Å². The lowest BCUT2D eigenvalue weighted by atomic mass is 10.0. The van der Waals surface area contributed by atoms with Crippen molar-refractivity contribution in [3.05, 3.63) is 29.3 Å². The van der Waals surface area contributed by atoms with E-state index in [1.165, 1.54) is 0 Å². The summed E-state index contributed by atoms with van der Waals surface area (Å²) >= 11 is 0. The summed E-state index contributed by atoms with van der Waals surface area (Å²) in [5.74, 6) is -0.400. The fraction of sp³-hybridized carbons (Fsp3) is 0.500. The second kappa shape index (κ2) is 6.16. The largest absolute Gasteiger partial charge is 0.385 e. The minimum atomic E-state index is -0.292. The SMILES string of the molecule is CC(C)(C)NC(=O)CNC(=O)c1ccc2c(c1)CCCN2. The average molecular weight is 289 g/mol. The molecule has 0 saturated heterocycles. The van der Waals surface area contributed by atoms with Gasteiger partial charge in [-0.25, -0.2) is 0 Å². The summed E-state index contributed by atoms with van der Waals surface area (Å²) in [4.78, 5) is 23.8. The lowest BCUT2D eigenvalue weighted by Gasteiger charge is -2.21. The van der Waals surface area contributed by atoms with Gasteiger partial charge < -0.3 is 16.0 Å². The van der Waals surface area contributed by atoms with Gasteiger partial charge in [0.25, 0.3) is 5.91 Å². The Morgan fingerprint density at radius 1 is 1.29 bits per heavy atom. The summed E-state index contributed by atoms with van der Waals surface area (Å²) in [5.41, 5.74) is 2.57. The Morgan fingerprint density at radius 3 is 2.76 bits per heavy atom. The van der Waals surface area contributed by atoms with E-state index in [-0.39, 0.29) is 23.9 Å². The van der Waals surface area contributed by atoms with Gasteiger partial charge in [0.15, 0.2) is 0 Å². The highest BCUT2D eigenvalue weighted by molar-refractivity contribution is 5.97. The van der Waals surface area contributed by atoms with Crippen molar-refractivity contribution in [3.63, 3.8) is 0 Å². The molecule has 0 aliphatic carbocycles. The van der Waals surface area contributed by atoms with Crippen LogP contribution in [0.5, 0.6) is 0 Å². The molecule has 0 spiro atoms. The Bertz CT molecular complexity index is 547. The third kappa shape index (κ3) is 4.48. The lowest BCUT2D eigenvalue weighted by molar-refractivity contribution is -0.121. The van der Waals surface area contributed by atoms with Crippen molar-refractivity contribution < 1.29 is 9.59 Å². The minimum absolute atomic E-state index is 0.00849. The third-order valence-electron chi connectivity index (χ3n) is 3.23. The van der Waals surface area contributed by atoms with Gasteiger partial charge in [0.2, 0.25) is 5.91 Å². The number of rotatable bonds is 3. The summed E-state index contributed by atoms with van der Waals surface area (Å²) in [5, 5.41) is 8.78. The van der Waals surface area contributed by atoms with Crippen molar-refractivity contribution >= 4 is 17.5 Å². The van der Waals surface area contributed by atoms with Crippen LogP contribution in [0.2, 0.25) is 0 Å². The maximum absolute atomic E-state index is 12.1. The van der Waals surface area contributed by atoms with Crippen LogP contribution < -0.4 is 16.0 Å². The standard InChI is InChI=1S/C16H23N3O2/c1-16(2,3)19-14(20)10-18-15(21)12-6-7-13-11(9-12)5-4-8-17-13/h6-7,9,17H,4-5,8,10H2,1-3H3,(H,18,21)(H,19,20). The van der Waals surface area contributed by atoms with E-state index in [0.29, 0.717) is 5.56 Å². The number of fused-ring (bicyclic) bond motifs is 1. The fourth-order valence-electron chi connectivity index (χ4n) is 2.34. The highest BCUT2D eigenvalue weighted by Crippen LogP contribution is 2.22. The molecule has 21 heavy (non-hydrogen) atoms. The van der Waals surface area contributed by atoms with Crippen LogP contribution in [0.1, 0.15) is 43.1 Å². The molecule has 0 atom stereocenters. The molecule has 0 fully saturated rings. The van der Waals surface area contributed by atoms with Gasteiger partial charge in [0, 0.05) is 23.3 Å². The molecule has 5 nitrogen and oxygen atoms in total. The monoisotopic (exact) mass is 289 g/mol. The van der Waals surface area contributed by atoms with Crippen molar-refractivity contribution in [1.82, 2.24) is 10.6 Å². The van der Waals surface area contributed by atoms with Crippen LogP contribution in [0.3, 0.4) is 0 Å². The molecule has 3 N–H and O–H groups in total. The van der Waals surface area contributed by atoms with E-state index in [1.54, 1.807) is 6.07 Å². The van der Waals surface area contributed by atoms with Crippen LogP contribution in [0.15, 0.2) is 18.2 Å². The number of carbonyl (C=O) groups is 2. The molecule has 5 heteroatoms. The van der Waals surface area contributed by atoms with E-state index in [9.17, 15) is 9.59 Å². The van der Waals surface area contributed by atoms with E-state index in [2.05, 4.69) is 16.0 Å². The maximum Gasteiger partial charge on any atom is 0.251 e. The molecule has 0 bridgehead atoms. The summed E-state index contributed by atoms with van der Waals surface area (Å²) in [6, 6.07) is 5.62. The molecule has 114 valence electrons. The van der Waals surface area contributed by atoms with E-state index in [0.717, 1.165) is 30.6 Å². The van der Waals surface area contributed by atoms with Crippen LogP contribution in [-0.2, 0) is 11.2 Å². The first-order valence-electron chi connectivity index (χ1n) is 7.31. The Hall–Kier alpha value is -2.04. The van der Waals surface area contributed by atoms with Gasteiger partial charge in [-0.1, -0.05) is 0 Å². The molecule has 1 aliphatic heterocycles. The number of aryl methyl sites for hydroxylation is 1. The first-order chi connectivity index (χ1) is 9.85. The predicted molar refractivity (Wildman–Crippen MR) is 83.5 cm³/mol. The van der Waals surface area contributed by atoms with Crippen LogP contribution in [0.4, 0.5) is 5.69 Å². The molecule has 0 unspecified atom stereocenters. The smallest absolute Gasteiger partial charge is 0.251 e. The molecule has 1 aliphatic rings. The normalized spacial score (nSPS) is 13.9. The molecule has 1 heterocycles. The fourth-order valence-corrected chi connectivity index (χ4v) is 2.34. The number of nitrogens with one attached hydrogen (secondary N) is 3. The molecule has 2 amide bonds. The van der Waals surface area contributed by atoms with Gasteiger partial charge in [-0.15, -0.1) is 0 Å². The number of hydrogen-bond donors (Lipinski definition) is 3. The first-order valence-corrected chi connectivity index (χ1v) is 7.31. The quantitative estimate of drug-likeness (QED) is 0.793. The number of anilines is 1. The number of carbonyl (C=O) groups excluding carboxylic acids is 2. The Kier molecular flexibility index (Phi) is 4.50. The summed E-state index contributed by atoms with van der Waals surface area (Å²) in [6.07, 6.45) is 2.06. The van der Waals surface area contributed by atoms with Gasteiger partial charge in [-0.05, 0) is 57.4 Å². The number of benzene rings is 1. The zero-order valence-electron chi connectivity index (χ0n) is 12.9. The van der Waals surface area contributed by atoms with Gasteiger partial charge in [0.1, 0.15) is 0 Å². The maximum atomic E-state index is 12.1. The molecule has 0 radical (unpaired) electrons. The zero-order valence-corrected chi connectivity index (χ0v) is 12.9. The molecule has 1 aromatic rings. The predicted octanol–water partition coefficient (Wildman–Crippen LogP) is 1.69. The van der Waals surface area contributed by atoms with E-state index >= 15 is 0 Å². The summed E-state index contributed by atoms with van der Waals surface area (Å²) in [7, 11) is 0. The van der Waals surface area contributed by atoms with E-state index < -0.39 is 0 Å². The Morgan fingerprint density at radius 2 is 2.05 bits per heavy atom. The molecule has 0 saturated carbocycles. The zero-order chi connectivity index (χ0) is 15.5. The Labute approximate surface area is 125 Å². The first kappa shape index (κ1) is 15.4. The summed E-state index contributed by atoms with van der Waals surface area (Å²) < 4.78 is 0.